The van der Waals surface area contributed by atoms with Crippen LogP contribution in [-0.2, 0) is 22.1 Å². The van der Waals surface area contributed by atoms with Crippen LogP contribution in [0, 0.1) is 0 Å². The average molecular weight is 381 g/mol. The Morgan fingerprint density at radius 2 is 1.88 bits per heavy atom. The van der Waals surface area contributed by atoms with Gasteiger partial charge in [-0.25, -0.2) is 8.42 Å². The predicted molar refractivity (Wildman–Crippen MR) is 98.6 cm³/mol. The fraction of sp³-hybridized carbons (Fsp3) is 0.333. The molecule has 1 atom stereocenters. The normalized spacial score (nSPS) is 24.0. The van der Waals surface area contributed by atoms with Crippen molar-refractivity contribution in [1.82, 2.24) is 9.62 Å². The van der Waals surface area contributed by atoms with Gasteiger partial charge in [-0.1, -0.05) is 30.3 Å². The van der Waals surface area contributed by atoms with Crippen LogP contribution in [0.25, 0.3) is 0 Å². The van der Waals surface area contributed by atoms with E-state index in [4.69, 9.17) is 4.74 Å². The predicted octanol–water partition coefficient (Wildman–Crippen LogP) is 2.51. The van der Waals surface area contributed by atoms with Gasteiger partial charge in [-0.05, 0) is 42.3 Å². The number of fused-ring (bicyclic) bond motifs is 2. The zero-order chi connectivity index (χ0) is 16.8. The Bertz CT molecular complexity index is 862. The highest BCUT2D eigenvalue weighted by Crippen LogP contribution is 2.48. The molecule has 5 nitrogen and oxygen atoms in total. The number of rotatable bonds is 3. The van der Waals surface area contributed by atoms with Gasteiger partial charge in [0.25, 0.3) is 0 Å². The third kappa shape index (κ3) is 2.73. The summed E-state index contributed by atoms with van der Waals surface area (Å²) < 4.78 is 33.1. The summed E-state index contributed by atoms with van der Waals surface area (Å²) in [5.74, 6) is 0.767. The van der Waals surface area contributed by atoms with Gasteiger partial charge in [0.1, 0.15) is 5.75 Å². The van der Waals surface area contributed by atoms with E-state index in [1.54, 1.807) is 23.5 Å². The highest BCUT2D eigenvalue weighted by atomic mass is 35.5. The van der Waals surface area contributed by atoms with Gasteiger partial charge in [0, 0.05) is 13.1 Å². The molecular weight excluding hydrogens is 360 g/mol. The molecule has 1 unspecified atom stereocenters. The molecule has 2 aromatic rings. The molecule has 1 spiro atoms. The molecule has 134 valence electrons. The number of hydrogen-bond acceptors (Lipinski definition) is 4. The number of benzene rings is 2. The number of sulfonamides is 1. The molecule has 4 rings (SSSR count). The van der Waals surface area contributed by atoms with Crippen molar-refractivity contribution in [3.05, 3.63) is 59.7 Å². The summed E-state index contributed by atoms with van der Waals surface area (Å²) in [6.45, 7) is 1.84. The molecule has 25 heavy (non-hydrogen) atoms. The lowest BCUT2D eigenvalue weighted by atomic mass is 9.88. The van der Waals surface area contributed by atoms with E-state index in [1.165, 1.54) is 0 Å². The van der Waals surface area contributed by atoms with Crippen molar-refractivity contribution in [2.24, 2.45) is 0 Å². The molecule has 2 heterocycles. The first-order valence-electron chi connectivity index (χ1n) is 8.04. The maximum absolute atomic E-state index is 13.1. The Kier molecular flexibility index (Phi) is 4.81. The molecule has 0 bridgehead atoms. The van der Waals surface area contributed by atoms with E-state index in [-0.39, 0.29) is 12.4 Å². The summed E-state index contributed by atoms with van der Waals surface area (Å²) in [6, 6.07) is 15.0. The molecular formula is C18H21ClN2O3S. The molecule has 7 heteroatoms. The second kappa shape index (κ2) is 6.61. The van der Waals surface area contributed by atoms with Crippen molar-refractivity contribution in [3.63, 3.8) is 0 Å². The molecule has 0 aliphatic carbocycles. The van der Waals surface area contributed by atoms with Gasteiger partial charge in [-0.2, -0.15) is 4.31 Å². The largest absolute Gasteiger partial charge is 0.497 e. The van der Waals surface area contributed by atoms with Crippen LogP contribution in [0.15, 0.2) is 53.4 Å². The highest BCUT2D eigenvalue weighted by Gasteiger charge is 2.54. The molecule has 0 aromatic heterocycles. The fourth-order valence-electron chi connectivity index (χ4n) is 3.81. The minimum absolute atomic E-state index is 0. The van der Waals surface area contributed by atoms with Gasteiger partial charge in [-0.15, -0.1) is 12.4 Å². The second-order valence-corrected chi connectivity index (χ2v) is 8.15. The van der Waals surface area contributed by atoms with Crippen LogP contribution in [0.4, 0.5) is 0 Å². The molecule has 1 saturated heterocycles. The van der Waals surface area contributed by atoms with E-state index in [9.17, 15) is 8.42 Å². The van der Waals surface area contributed by atoms with E-state index in [2.05, 4.69) is 5.32 Å². The highest BCUT2D eigenvalue weighted by molar-refractivity contribution is 7.89. The quantitative estimate of drug-likeness (QED) is 0.888. The lowest BCUT2D eigenvalue weighted by Crippen LogP contribution is -2.44. The van der Waals surface area contributed by atoms with Crippen molar-refractivity contribution in [1.29, 1.82) is 0 Å². The van der Waals surface area contributed by atoms with Crippen LogP contribution in [0.3, 0.4) is 0 Å². The number of ether oxygens (including phenoxy) is 1. The zero-order valence-electron chi connectivity index (χ0n) is 13.9. The summed E-state index contributed by atoms with van der Waals surface area (Å²) in [5, 5.41) is 3.34. The van der Waals surface area contributed by atoms with E-state index < -0.39 is 15.6 Å². The lowest BCUT2D eigenvalue weighted by Gasteiger charge is -2.33. The van der Waals surface area contributed by atoms with E-state index in [1.807, 2.05) is 36.4 Å². The Hall–Kier alpha value is -1.60. The van der Waals surface area contributed by atoms with E-state index >= 15 is 0 Å². The molecule has 1 fully saturated rings. The zero-order valence-corrected chi connectivity index (χ0v) is 15.6. The van der Waals surface area contributed by atoms with Crippen LogP contribution in [-0.4, -0.2) is 32.9 Å². The third-order valence-corrected chi connectivity index (χ3v) is 7.02. The van der Waals surface area contributed by atoms with Crippen molar-refractivity contribution >= 4 is 22.4 Å². The summed E-state index contributed by atoms with van der Waals surface area (Å²) in [4.78, 5) is 0.446. The summed E-state index contributed by atoms with van der Waals surface area (Å²) in [7, 11) is -1.87. The minimum Gasteiger partial charge on any atom is -0.497 e. The van der Waals surface area contributed by atoms with Crippen LogP contribution in [0.1, 0.15) is 17.5 Å². The number of nitrogens with one attached hydrogen (secondary N) is 1. The first-order valence-corrected chi connectivity index (χ1v) is 9.48. The van der Waals surface area contributed by atoms with Crippen LogP contribution < -0.4 is 10.1 Å². The summed E-state index contributed by atoms with van der Waals surface area (Å²) in [5.41, 5.74) is 1.40. The monoisotopic (exact) mass is 380 g/mol. The van der Waals surface area contributed by atoms with Gasteiger partial charge in [-0.3, -0.25) is 0 Å². The van der Waals surface area contributed by atoms with Crippen LogP contribution in [0.5, 0.6) is 5.75 Å². The smallest absolute Gasteiger partial charge is 0.244 e. The lowest BCUT2D eigenvalue weighted by molar-refractivity contribution is 0.213. The van der Waals surface area contributed by atoms with Gasteiger partial charge in [0.05, 0.1) is 17.5 Å². The van der Waals surface area contributed by atoms with Crippen molar-refractivity contribution in [2.75, 3.05) is 20.2 Å². The van der Waals surface area contributed by atoms with Crippen LogP contribution in [0.2, 0.25) is 0 Å². The fourth-order valence-corrected chi connectivity index (χ4v) is 5.87. The Morgan fingerprint density at radius 3 is 2.52 bits per heavy atom. The van der Waals surface area contributed by atoms with E-state index in [0.29, 0.717) is 18.0 Å². The molecule has 2 aliphatic rings. The molecule has 2 aromatic carbocycles. The maximum Gasteiger partial charge on any atom is 0.244 e. The molecule has 0 saturated carbocycles. The average Bonchev–Trinajstić information content (AvgIpc) is 3.16. The number of methoxy groups -OCH3 is 1. The summed E-state index contributed by atoms with van der Waals surface area (Å²) >= 11 is 0. The summed E-state index contributed by atoms with van der Waals surface area (Å²) in [6.07, 6.45) is 0.791. The van der Waals surface area contributed by atoms with Crippen molar-refractivity contribution < 1.29 is 13.2 Å². The second-order valence-electron chi connectivity index (χ2n) is 6.31. The Morgan fingerprint density at radius 1 is 1.16 bits per heavy atom. The molecule has 2 aliphatic heterocycles. The number of halogens is 1. The Balaban J connectivity index is 0.00000182. The third-order valence-electron chi connectivity index (χ3n) is 5.05. The van der Waals surface area contributed by atoms with Crippen molar-refractivity contribution in [2.45, 2.75) is 23.4 Å². The first kappa shape index (κ1) is 18.2. The van der Waals surface area contributed by atoms with Gasteiger partial charge in [0.2, 0.25) is 10.0 Å². The first-order chi connectivity index (χ1) is 11.6. The molecule has 1 N–H and O–H groups in total. The standard InChI is InChI=1S/C18H20N2O3S.ClH/c1-23-15-8-6-14(7-9-15)12-20-18(10-11-19-13-18)16-4-2-3-5-17(16)24(20,21)22;/h2-9,19H,10-13H2,1H3;1H. The topological polar surface area (TPSA) is 58.6 Å². The molecule has 0 amide bonds. The maximum atomic E-state index is 13.1. The van der Waals surface area contributed by atoms with Crippen molar-refractivity contribution in [3.8, 4) is 5.75 Å². The van der Waals surface area contributed by atoms with Crippen LogP contribution >= 0.6 is 12.4 Å². The van der Waals surface area contributed by atoms with E-state index in [0.717, 1.165) is 29.8 Å². The van der Waals surface area contributed by atoms with Gasteiger partial charge >= 0.3 is 0 Å². The molecule has 0 radical (unpaired) electrons. The Labute approximate surface area is 154 Å². The number of nitrogens with zero attached hydrogens (tertiary/aromatic N) is 1. The minimum atomic E-state index is -3.49. The SMILES string of the molecule is COc1ccc(CN2C3(CCNC3)c3ccccc3S2(=O)=O)cc1.Cl. The number of hydrogen-bond donors (Lipinski definition) is 1. The van der Waals surface area contributed by atoms with Gasteiger partial charge < -0.3 is 10.1 Å². The van der Waals surface area contributed by atoms with Gasteiger partial charge in [0.15, 0.2) is 0 Å².